The van der Waals surface area contributed by atoms with E-state index >= 15 is 0 Å². The molecule has 0 spiro atoms. The van der Waals surface area contributed by atoms with E-state index in [1.165, 1.54) is 0 Å². The molecule has 0 unspecified atom stereocenters. The largest absolute Gasteiger partial charge is 0.416 e. The average Bonchev–Trinajstić information content (AvgIpc) is 3.67. The van der Waals surface area contributed by atoms with Gasteiger partial charge in [0.2, 0.25) is 0 Å². The van der Waals surface area contributed by atoms with E-state index in [1.807, 2.05) is 36.4 Å². The zero-order chi connectivity index (χ0) is 36.0. The molecule has 6 aromatic carbocycles. The summed E-state index contributed by atoms with van der Waals surface area (Å²) in [6.07, 6.45) is -9.47. The molecule has 0 N–H and O–H groups in total. The normalized spacial score (nSPS) is 13.1. The molecule has 52 heavy (non-hydrogen) atoms. The van der Waals surface area contributed by atoms with E-state index in [-0.39, 0.29) is 21.6 Å². The summed E-state index contributed by atoms with van der Waals surface area (Å²) >= 11 is 0. The number of hydrogen-bond acceptors (Lipinski definition) is 0. The molecule has 6 heteroatoms. The van der Waals surface area contributed by atoms with E-state index in [0.717, 1.165) is 24.3 Å². The predicted molar refractivity (Wildman–Crippen MR) is 191 cm³/mol. The summed E-state index contributed by atoms with van der Waals surface area (Å²) in [6.45, 7) is 0. The van der Waals surface area contributed by atoms with Crippen LogP contribution in [0.1, 0.15) is 44.5 Å². The first-order chi connectivity index (χ1) is 25.1. The van der Waals surface area contributed by atoms with Gasteiger partial charge >= 0.3 is 12.4 Å². The van der Waals surface area contributed by atoms with Crippen LogP contribution in [0.3, 0.4) is 0 Å². The Balaban J connectivity index is 1.62. The molecule has 0 aliphatic heterocycles. The van der Waals surface area contributed by atoms with Gasteiger partial charge in [-0.05, 0) is 92.4 Å². The smallest absolute Gasteiger partial charge is 0.166 e. The Kier molecular flexibility index (Phi) is 7.97. The van der Waals surface area contributed by atoms with Crippen LogP contribution in [0.2, 0.25) is 0 Å². The van der Waals surface area contributed by atoms with Crippen LogP contribution in [0.25, 0.3) is 22.3 Å². The Morgan fingerprint density at radius 2 is 0.673 bits per heavy atom. The van der Waals surface area contributed by atoms with Crippen molar-refractivity contribution in [3.8, 4) is 23.7 Å². The maximum Gasteiger partial charge on any atom is 0.416 e. The molecular formula is C46H24F6. The van der Waals surface area contributed by atoms with Crippen LogP contribution >= 0.6 is 0 Å². The van der Waals surface area contributed by atoms with E-state index in [4.69, 9.17) is 0 Å². The van der Waals surface area contributed by atoms with Crippen molar-refractivity contribution < 1.29 is 26.3 Å². The molecule has 0 amide bonds. The van der Waals surface area contributed by atoms with Crippen molar-refractivity contribution >= 4 is 22.3 Å². The van der Waals surface area contributed by atoms with E-state index in [9.17, 15) is 26.3 Å². The molecule has 0 atom stereocenters. The van der Waals surface area contributed by atoms with Gasteiger partial charge in [0.1, 0.15) is 0 Å². The molecule has 0 fully saturated rings. The van der Waals surface area contributed by atoms with Gasteiger partial charge in [-0.3, -0.25) is 0 Å². The maximum absolute atomic E-state index is 14.7. The van der Waals surface area contributed by atoms with Crippen molar-refractivity contribution in [1.29, 1.82) is 0 Å². The van der Waals surface area contributed by atoms with Gasteiger partial charge in [0, 0.05) is 32.7 Å². The second-order valence-corrected chi connectivity index (χ2v) is 12.4. The lowest BCUT2D eigenvalue weighted by Gasteiger charge is -2.11. The molecular weight excluding hydrogens is 666 g/mol. The summed E-state index contributed by atoms with van der Waals surface area (Å²) in [5.41, 5.74) is 2.71. The number of hydrogen-bond donors (Lipinski definition) is 0. The highest BCUT2D eigenvalue weighted by Gasteiger charge is 2.38. The molecule has 2 aliphatic carbocycles. The minimum atomic E-state index is -4.73. The van der Waals surface area contributed by atoms with E-state index < -0.39 is 23.5 Å². The number of rotatable bonds is 2. The quantitative estimate of drug-likeness (QED) is 0.128. The van der Waals surface area contributed by atoms with Gasteiger partial charge < -0.3 is 0 Å². The van der Waals surface area contributed by atoms with Crippen molar-refractivity contribution in [1.82, 2.24) is 0 Å². The fraction of sp³-hybridized carbons (Fsp3) is 0.0435. The van der Waals surface area contributed by atoms with E-state index in [0.29, 0.717) is 55.0 Å². The van der Waals surface area contributed by atoms with Crippen molar-refractivity contribution in [3.05, 3.63) is 211 Å². The molecule has 8 rings (SSSR count). The third-order valence-corrected chi connectivity index (χ3v) is 9.08. The molecule has 0 saturated carbocycles. The van der Waals surface area contributed by atoms with Crippen LogP contribution in [0, 0.1) is 23.7 Å². The van der Waals surface area contributed by atoms with Crippen LogP contribution < -0.4 is 20.9 Å². The average molecular weight is 691 g/mol. The molecule has 0 radical (unpaired) electrons. The molecule has 0 heterocycles. The Morgan fingerprint density at radius 1 is 0.346 bits per heavy atom. The summed E-state index contributed by atoms with van der Waals surface area (Å²) in [6, 6.07) is 40.1. The zero-order valence-electron chi connectivity index (χ0n) is 27.1. The van der Waals surface area contributed by atoms with Crippen molar-refractivity contribution in [2.45, 2.75) is 12.4 Å². The molecule has 0 nitrogen and oxygen atoms in total. The predicted octanol–water partition coefficient (Wildman–Crippen LogP) is 7.95. The number of benzene rings is 6. The van der Waals surface area contributed by atoms with Gasteiger partial charge in [-0.25, -0.2) is 0 Å². The van der Waals surface area contributed by atoms with Gasteiger partial charge in [-0.1, -0.05) is 121 Å². The Hall–Kier alpha value is -6.50. The minimum Gasteiger partial charge on any atom is -0.166 e. The monoisotopic (exact) mass is 690 g/mol. The highest BCUT2D eigenvalue weighted by molar-refractivity contribution is 6.31. The highest BCUT2D eigenvalue weighted by atomic mass is 19.4. The third-order valence-electron chi connectivity index (χ3n) is 9.08. The number of alkyl halides is 6. The number of halogens is 6. The standard InChI is InChI=1S/C46H24F6/c47-45(48,49)35-25-33(23-21-29-13-5-1-6-14-29)39-37(27-35)43-42(32-19-11-4-12-20-32)40-34(24-22-30-15-7-2-8-16-30)26-36(46(50,51)52)28-38(40)44(43)41(39)31-17-9-3-10-18-31/h1-20,25-28H. The third kappa shape index (κ3) is 5.89. The first kappa shape index (κ1) is 32.7. The first-order valence-electron chi connectivity index (χ1n) is 16.3. The van der Waals surface area contributed by atoms with Gasteiger partial charge in [0.05, 0.1) is 11.1 Å². The fourth-order valence-corrected chi connectivity index (χ4v) is 6.89. The van der Waals surface area contributed by atoms with E-state index in [2.05, 4.69) is 23.7 Å². The number of fused-ring (bicyclic) bond motifs is 3. The molecule has 0 bridgehead atoms. The van der Waals surface area contributed by atoms with Gasteiger partial charge in [-0.2, -0.15) is 26.3 Å². The maximum atomic E-state index is 14.7. The van der Waals surface area contributed by atoms with Gasteiger partial charge in [0.15, 0.2) is 0 Å². The van der Waals surface area contributed by atoms with Crippen molar-refractivity contribution in [3.63, 3.8) is 0 Å². The summed E-state index contributed by atoms with van der Waals surface area (Å²) in [7, 11) is 0. The van der Waals surface area contributed by atoms with Crippen molar-refractivity contribution in [2.75, 3.05) is 0 Å². The van der Waals surface area contributed by atoms with Crippen LogP contribution in [-0.2, 0) is 12.4 Å². The topological polar surface area (TPSA) is 0 Å². The van der Waals surface area contributed by atoms with Crippen LogP contribution in [0.5, 0.6) is 0 Å². The molecule has 250 valence electrons. The summed E-state index contributed by atoms with van der Waals surface area (Å²) in [4.78, 5) is 0. The second kappa shape index (κ2) is 12.7. The van der Waals surface area contributed by atoms with Crippen LogP contribution in [0.15, 0.2) is 146 Å². The minimum absolute atomic E-state index is 0.118. The lowest BCUT2D eigenvalue weighted by molar-refractivity contribution is -0.138. The van der Waals surface area contributed by atoms with Gasteiger partial charge in [0.25, 0.3) is 0 Å². The SMILES string of the molecule is FC(F)(F)c1cc(C#Cc2ccccc2)c2c(c1)=C1C(=c3cc(C(F)(F)F)cc(C#Cc4ccccc4)c3=C1c1ccccc1)C=2c1ccccc1. The van der Waals surface area contributed by atoms with Crippen LogP contribution in [0.4, 0.5) is 26.3 Å². The molecule has 0 aromatic heterocycles. The lowest BCUT2D eigenvalue weighted by Crippen LogP contribution is -2.34. The van der Waals surface area contributed by atoms with E-state index in [1.54, 1.807) is 84.9 Å². The summed E-state index contributed by atoms with van der Waals surface area (Å²) in [5.74, 6) is 12.1. The first-order valence-corrected chi connectivity index (χ1v) is 16.3. The Bertz CT molecular complexity index is 2580. The molecule has 2 aliphatic rings. The molecule has 6 aromatic rings. The van der Waals surface area contributed by atoms with Crippen LogP contribution in [-0.4, -0.2) is 0 Å². The summed E-state index contributed by atoms with van der Waals surface area (Å²) in [5, 5.41) is 1.35. The van der Waals surface area contributed by atoms with Crippen molar-refractivity contribution in [2.24, 2.45) is 0 Å². The fourth-order valence-electron chi connectivity index (χ4n) is 6.89. The highest BCUT2D eigenvalue weighted by Crippen LogP contribution is 2.41. The summed E-state index contributed by atoms with van der Waals surface area (Å²) < 4.78 is 88.4. The van der Waals surface area contributed by atoms with Gasteiger partial charge in [-0.15, -0.1) is 0 Å². The lowest BCUT2D eigenvalue weighted by atomic mass is 9.92. The second-order valence-electron chi connectivity index (χ2n) is 12.4. The zero-order valence-corrected chi connectivity index (χ0v) is 27.1. The Labute approximate surface area is 295 Å². The Morgan fingerprint density at radius 3 is 1.00 bits per heavy atom. The molecule has 0 saturated heterocycles.